The number of likely N-dealkylation sites (N-methyl/N-ethyl adjacent to an activating group) is 1. The standard InChI is InChI=1S/C11H22N2O3/c1-11(16,10(14)15)8-13-6-4-5-9(13)7-12(2)3/h9,16H,4-8H2,1-3H3,(H,14,15). The molecule has 0 spiro atoms. The Morgan fingerprint density at radius 1 is 1.56 bits per heavy atom. The van der Waals surface area contributed by atoms with Crippen molar-refractivity contribution >= 4 is 5.97 Å². The molecule has 1 aliphatic rings. The van der Waals surface area contributed by atoms with Gasteiger partial charge in [0, 0.05) is 19.1 Å². The van der Waals surface area contributed by atoms with Gasteiger partial charge in [-0.15, -0.1) is 0 Å². The van der Waals surface area contributed by atoms with E-state index in [9.17, 15) is 9.90 Å². The van der Waals surface area contributed by atoms with Crippen LogP contribution in [0.25, 0.3) is 0 Å². The second-order valence-corrected chi connectivity index (χ2v) is 5.11. The lowest BCUT2D eigenvalue weighted by Crippen LogP contribution is -2.50. The van der Waals surface area contributed by atoms with Crippen LogP contribution in [0.5, 0.6) is 0 Å². The normalized spacial score (nSPS) is 25.9. The molecule has 0 amide bonds. The van der Waals surface area contributed by atoms with Gasteiger partial charge in [0.25, 0.3) is 0 Å². The lowest BCUT2D eigenvalue weighted by atomic mass is 10.1. The number of hydrogen-bond donors (Lipinski definition) is 2. The predicted molar refractivity (Wildman–Crippen MR) is 61.4 cm³/mol. The summed E-state index contributed by atoms with van der Waals surface area (Å²) in [7, 11) is 4.01. The van der Waals surface area contributed by atoms with Crippen molar-refractivity contribution in [3.63, 3.8) is 0 Å². The summed E-state index contributed by atoms with van der Waals surface area (Å²) in [5.41, 5.74) is -1.64. The summed E-state index contributed by atoms with van der Waals surface area (Å²) in [5, 5.41) is 18.6. The number of aliphatic hydroxyl groups is 1. The average molecular weight is 230 g/mol. The van der Waals surface area contributed by atoms with Crippen molar-refractivity contribution in [2.45, 2.75) is 31.4 Å². The van der Waals surface area contributed by atoms with E-state index in [0.717, 1.165) is 25.9 Å². The Labute approximate surface area is 96.7 Å². The number of likely N-dealkylation sites (tertiary alicyclic amines) is 1. The minimum absolute atomic E-state index is 0.209. The van der Waals surface area contributed by atoms with Crippen molar-refractivity contribution in [1.29, 1.82) is 0 Å². The number of rotatable bonds is 5. The molecule has 1 fully saturated rings. The van der Waals surface area contributed by atoms with E-state index in [4.69, 9.17) is 5.11 Å². The Balaban J connectivity index is 2.56. The molecule has 0 aromatic rings. The zero-order valence-corrected chi connectivity index (χ0v) is 10.3. The average Bonchev–Trinajstić information content (AvgIpc) is 2.50. The molecule has 2 atom stereocenters. The van der Waals surface area contributed by atoms with Crippen LogP contribution < -0.4 is 0 Å². The van der Waals surface area contributed by atoms with E-state index >= 15 is 0 Å². The molecule has 1 heterocycles. The highest BCUT2D eigenvalue weighted by Crippen LogP contribution is 2.20. The van der Waals surface area contributed by atoms with Gasteiger partial charge in [-0.05, 0) is 40.4 Å². The lowest BCUT2D eigenvalue weighted by molar-refractivity contribution is -0.158. The number of hydrogen-bond acceptors (Lipinski definition) is 4. The number of nitrogens with zero attached hydrogens (tertiary/aromatic N) is 2. The molecule has 94 valence electrons. The van der Waals surface area contributed by atoms with Gasteiger partial charge in [0.1, 0.15) is 0 Å². The molecule has 2 N–H and O–H groups in total. The first kappa shape index (κ1) is 13.4. The lowest BCUT2D eigenvalue weighted by Gasteiger charge is -2.31. The summed E-state index contributed by atoms with van der Waals surface area (Å²) in [6, 6.07) is 0.362. The molecule has 0 radical (unpaired) electrons. The SMILES string of the molecule is CN(C)CC1CCCN1CC(C)(O)C(=O)O. The van der Waals surface area contributed by atoms with Crippen LogP contribution in [0.15, 0.2) is 0 Å². The smallest absolute Gasteiger partial charge is 0.336 e. The Bertz CT molecular complexity index is 254. The molecule has 5 nitrogen and oxygen atoms in total. The fraction of sp³-hybridized carbons (Fsp3) is 0.909. The minimum Gasteiger partial charge on any atom is -0.479 e. The third kappa shape index (κ3) is 3.43. The molecule has 0 bridgehead atoms. The van der Waals surface area contributed by atoms with Crippen LogP contribution in [0.2, 0.25) is 0 Å². The summed E-state index contributed by atoms with van der Waals surface area (Å²) in [6.07, 6.45) is 2.15. The van der Waals surface area contributed by atoms with E-state index in [1.165, 1.54) is 6.92 Å². The van der Waals surface area contributed by atoms with Gasteiger partial charge in [-0.3, -0.25) is 4.90 Å². The van der Waals surface area contributed by atoms with Crippen LogP contribution >= 0.6 is 0 Å². The summed E-state index contributed by atoms with van der Waals surface area (Å²) < 4.78 is 0. The Morgan fingerprint density at radius 3 is 2.69 bits per heavy atom. The Kier molecular flexibility index (Phi) is 4.29. The van der Waals surface area contributed by atoms with Crippen molar-refractivity contribution in [2.24, 2.45) is 0 Å². The van der Waals surface area contributed by atoms with E-state index in [1.807, 2.05) is 14.1 Å². The molecule has 0 saturated carbocycles. The number of carboxylic acid groups (broad SMARTS) is 1. The quantitative estimate of drug-likeness (QED) is 0.687. The molecule has 0 aliphatic carbocycles. The van der Waals surface area contributed by atoms with E-state index < -0.39 is 11.6 Å². The Hall–Kier alpha value is -0.650. The van der Waals surface area contributed by atoms with Crippen molar-refractivity contribution in [3.8, 4) is 0 Å². The molecular formula is C11H22N2O3. The van der Waals surface area contributed by atoms with Crippen LogP contribution in [0.1, 0.15) is 19.8 Å². The fourth-order valence-electron chi connectivity index (χ4n) is 2.19. The number of β-amino-alcohol motifs (C(OH)–C–C–N with tert-alkyl or cyclic N) is 1. The molecular weight excluding hydrogens is 208 g/mol. The highest BCUT2D eigenvalue weighted by molar-refractivity contribution is 5.76. The van der Waals surface area contributed by atoms with E-state index in [-0.39, 0.29) is 6.54 Å². The molecule has 16 heavy (non-hydrogen) atoms. The maximum atomic E-state index is 10.9. The predicted octanol–water partition coefficient (Wildman–Crippen LogP) is -0.152. The first-order valence-corrected chi connectivity index (χ1v) is 5.67. The zero-order valence-electron chi connectivity index (χ0n) is 10.3. The van der Waals surface area contributed by atoms with E-state index in [1.54, 1.807) is 0 Å². The van der Waals surface area contributed by atoms with Gasteiger partial charge < -0.3 is 15.1 Å². The Morgan fingerprint density at radius 2 is 2.19 bits per heavy atom. The molecule has 2 unspecified atom stereocenters. The van der Waals surface area contributed by atoms with Crippen molar-refractivity contribution in [3.05, 3.63) is 0 Å². The molecule has 1 rings (SSSR count). The third-order valence-corrected chi connectivity index (χ3v) is 3.05. The summed E-state index contributed by atoms with van der Waals surface area (Å²) in [6.45, 7) is 3.36. The minimum atomic E-state index is -1.64. The van der Waals surface area contributed by atoms with Crippen LogP contribution in [-0.2, 0) is 4.79 Å². The molecule has 0 aromatic heterocycles. The number of aliphatic carboxylic acids is 1. The first-order chi connectivity index (χ1) is 7.33. The van der Waals surface area contributed by atoms with Crippen molar-refractivity contribution in [1.82, 2.24) is 9.80 Å². The monoisotopic (exact) mass is 230 g/mol. The van der Waals surface area contributed by atoms with Crippen LogP contribution in [0.3, 0.4) is 0 Å². The fourth-order valence-corrected chi connectivity index (χ4v) is 2.19. The molecule has 1 saturated heterocycles. The van der Waals surface area contributed by atoms with Gasteiger partial charge in [0.05, 0.1) is 0 Å². The second-order valence-electron chi connectivity index (χ2n) is 5.11. The highest BCUT2D eigenvalue weighted by Gasteiger charge is 2.36. The molecule has 0 aromatic carbocycles. The zero-order chi connectivity index (χ0) is 12.3. The van der Waals surface area contributed by atoms with Crippen molar-refractivity contribution < 1.29 is 15.0 Å². The molecule has 1 aliphatic heterocycles. The second kappa shape index (κ2) is 5.12. The summed E-state index contributed by atoms with van der Waals surface area (Å²) in [5.74, 6) is -1.15. The van der Waals surface area contributed by atoms with Gasteiger partial charge in [-0.2, -0.15) is 0 Å². The van der Waals surface area contributed by atoms with Gasteiger partial charge >= 0.3 is 5.97 Å². The van der Waals surface area contributed by atoms with Gasteiger partial charge in [-0.1, -0.05) is 0 Å². The van der Waals surface area contributed by atoms with E-state index in [2.05, 4.69) is 9.80 Å². The van der Waals surface area contributed by atoms with Crippen LogP contribution in [0, 0.1) is 0 Å². The van der Waals surface area contributed by atoms with Gasteiger partial charge in [0.15, 0.2) is 5.60 Å². The highest BCUT2D eigenvalue weighted by atomic mass is 16.4. The van der Waals surface area contributed by atoms with Gasteiger partial charge in [-0.25, -0.2) is 4.79 Å². The van der Waals surface area contributed by atoms with E-state index in [0.29, 0.717) is 6.04 Å². The van der Waals surface area contributed by atoms with Gasteiger partial charge in [0.2, 0.25) is 0 Å². The number of carbonyl (C=O) groups is 1. The summed E-state index contributed by atoms with van der Waals surface area (Å²) >= 11 is 0. The maximum absolute atomic E-state index is 10.9. The van der Waals surface area contributed by atoms with Crippen molar-refractivity contribution in [2.75, 3.05) is 33.7 Å². The first-order valence-electron chi connectivity index (χ1n) is 5.67. The summed E-state index contributed by atoms with van der Waals surface area (Å²) in [4.78, 5) is 15.0. The maximum Gasteiger partial charge on any atom is 0.336 e. The molecule has 5 heteroatoms. The van der Waals surface area contributed by atoms with Crippen LogP contribution in [-0.4, -0.2) is 71.4 Å². The van der Waals surface area contributed by atoms with Crippen LogP contribution in [0.4, 0.5) is 0 Å². The largest absolute Gasteiger partial charge is 0.479 e. The number of carboxylic acids is 1. The topological polar surface area (TPSA) is 64.0 Å². The third-order valence-electron chi connectivity index (χ3n) is 3.05.